The second kappa shape index (κ2) is 8.33. The van der Waals surface area contributed by atoms with Crippen molar-refractivity contribution in [3.8, 4) is 5.75 Å². The van der Waals surface area contributed by atoms with Gasteiger partial charge in [-0.15, -0.1) is 0 Å². The van der Waals surface area contributed by atoms with Gasteiger partial charge in [0.1, 0.15) is 5.75 Å². The maximum Gasteiger partial charge on any atom is 0.340 e. The summed E-state index contributed by atoms with van der Waals surface area (Å²) in [6.07, 6.45) is -0.712. The van der Waals surface area contributed by atoms with Crippen molar-refractivity contribution >= 4 is 17.6 Å². The summed E-state index contributed by atoms with van der Waals surface area (Å²) < 4.78 is 10.8. The first-order valence-corrected chi connectivity index (χ1v) is 8.23. The standard InChI is InChI=1S/C20H23NO4/c1-5-24-20(23)16-8-6-7-9-17(16)21-19(22)15(4)25-18-12-13(2)10-11-14(18)3/h6-12,15H,5H2,1-4H3,(H,21,22)/t15-/m1/s1. The number of hydrogen-bond acceptors (Lipinski definition) is 4. The molecule has 132 valence electrons. The quantitative estimate of drug-likeness (QED) is 0.810. The van der Waals surface area contributed by atoms with E-state index in [0.717, 1.165) is 11.1 Å². The van der Waals surface area contributed by atoms with Crippen LogP contribution in [-0.4, -0.2) is 24.6 Å². The van der Waals surface area contributed by atoms with Gasteiger partial charge in [-0.1, -0.05) is 24.3 Å². The second-order valence-electron chi connectivity index (χ2n) is 5.78. The number of aryl methyl sites for hydroxylation is 2. The van der Waals surface area contributed by atoms with Crippen LogP contribution in [0.5, 0.6) is 5.75 Å². The summed E-state index contributed by atoms with van der Waals surface area (Å²) in [5, 5.41) is 2.74. The molecule has 1 amide bonds. The molecule has 5 nitrogen and oxygen atoms in total. The third-order valence-electron chi connectivity index (χ3n) is 3.70. The van der Waals surface area contributed by atoms with Gasteiger partial charge in [-0.3, -0.25) is 4.79 Å². The van der Waals surface area contributed by atoms with Crippen molar-refractivity contribution in [1.29, 1.82) is 0 Å². The molecule has 2 aromatic rings. The Morgan fingerprint density at radius 1 is 1.12 bits per heavy atom. The zero-order chi connectivity index (χ0) is 18.4. The Hall–Kier alpha value is -2.82. The van der Waals surface area contributed by atoms with Crippen LogP contribution in [0, 0.1) is 13.8 Å². The Morgan fingerprint density at radius 3 is 2.56 bits per heavy atom. The number of ether oxygens (including phenoxy) is 2. The molecule has 2 rings (SSSR count). The van der Waals surface area contributed by atoms with E-state index < -0.39 is 12.1 Å². The van der Waals surface area contributed by atoms with E-state index in [-0.39, 0.29) is 12.5 Å². The molecule has 0 aliphatic carbocycles. The summed E-state index contributed by atoms with van der Waals surface area (Å²) >= 11 is 0. The predicted octanol–water partition coefficient (Wildman–Crippen LogP) is 3.89. The Labute approximate surface area is 148 Å². The molecular formula is C20H23NO4. The molecule has 0 spiro atoms. The maximum absolute atomic E-state index is 12.5. The summed E-state index contributed by atoms with van der Waals surface area (Å²) in [6.45, 7) is 7.57. The highest BCUT2D eigenvalue weighted by molar-refractivity contribution is 6.02. The monoisotopic (exact) mass is 341 g/mol. The minimum atomic E-state index is -0.712. The molecule has 0 aromatic heterocycles. The average Bonchev–Trinajstić information content (AvgIpc) is 2.58. The number of nitrogens with one attached hydrogen (secondary N) is 1. The Morgan fingerprint density at radius 2 is 1.84 bits per heavy atom. The minimum Gasteiger partial charge on any atom is -0.481 e. The first-order chi connectivity index (χ1) is 11.9. The zero-order valence-electron chi connectivity index (χ0n) is 15.0. The van der Waals surface area contributed by atoms with E-state index in [4.69, 9.17) is 9.47 Å². The van der Waals surface area contributed by atoms with E-state index in [1.165, 1.54) is 0 Å². The third-order valence-corrected chi connectivity index (χ3v) is 3.70. The molecule has 0 radical (unpaired) electrons. The van der Waals surface area contributed by atoms with Gasteiger partial charge < -0.3 is 14.8 Å². The molecule has 0 saturated heterocycles. The van der Waals surface area contributed by atoms with Gasteiger partial charge in [0.25, 0.3) is 5.91 Å². The normalized spacial score (nSPS) is 11.5. The lowest BCUT2D eigenvalue weighted by atomic mass is 10.1. The van der Waals surface area contributed by atoms with E-state index >= 15 is 0 Å². The van der Waals surface area contributed by atoms with Crippen LogP contribution in [0.4, 0.5) is 5.69 Å². The molecule has 0 aliphatic heterocycles. The van der Waals surface area contributed by atoms with E-state index in [1.54, 1.807) is 38.1 Å². The lowest BCUT2D eigenvalue weighted by Gasteiger charge is -2.17. The first kappa shape index (κ1) is 18.5. The molecule has 0 fully saturated rings. The largest absolute Gasteiger partial charge is 0.481 e. The number of anilines is 1. The molecule has 1 atom stereocenters. The molecule has 0 aliphatic rings. The van der Waals surface area contributed by atoms with Gasteiger partial charge in [-0.2, -0.15) is 0 Å². The summed E-state index contributed by atoms with van der Waals surface area (Å²) in [4.78, 5) is 24.4. The van der Waals surface area contributed by atoms with Gasteiger partial charge in [-0.25, -0.2) is 4.79 Å². The number of para-hydroxylation sites is 1. The van der Waals surface area contributed by atoms with Crippen LogP contribution >= 0.6 is 0 Å². The van der Waals surface area contributed by atoms with E-state index in [0.29, 0.717) is 17.0 Å². The molecule has 2 aromatic carbocycles. The Bertz CT molecular complexity index is 770. The van der Waals surface area contributed by atoms with Gasteiger partial charge >= 0.3 is 5.97 Å². The number of rotatable bonds is 6. The molecular weight excluding hydrogens is 318 g/mol. The maximum atomic E-state index is 12.5. The predicted molar refractivity (Wildman–Crippen MR) is 97.0 cm³/mol. The van der Waals surface area contributed by atoms with Crippen LogP contribution in [0.3, 0.4) is 0 Å². The van der Waals surface area contributed by atoms with Crippen LogP contribution in [0.25, 0.3) is 0 Å². The minimum absolute atomic E-state index is 0.271. The van der Waals surface area contributed by atoms with Crippen molar-refractivity contribution in [3.63, 3.8) is 0 Å². The fourth-order valence-electron chi connectivity index (χ4n) is 2.29. The van der Waals surface area contributed by atoms with Crippen molar-refractivity contribution in [2.24, 2.45) is 0 Å². The molecule has 5 heteroatoms. The molecule has 0 heterocycles. The third kappa shape index (κ3) is 4.83. The lowest BCUT2D eigenvalue weighted by molar-refractivity contribution is -0.122. The molecule has 0 bridgehead atoms. The Kier molecular flexibility index (Phi) is 6.17. The Balaban J connectivity index is 2.11. The number of esters is 1. The van der Waals surface area contributed by atoms with Gasteiger partial charge in [0.15, 0.2) is 6.10 Å². The zero-order valence-corrected chi connectivity index (χ0v) is 15.0. The summed E-state index contributed by atoms with van der Waals surface area (Å²) in [7, 11) is 0. The van der Waals surface area contributed by atoms with Gasteiger partial charge in [0.2, 0.25) is 0 Å². The number of hydrogen-bond donors (Lipinski definition) is 1. The van der Waals surface area contributed by atoms with Gasteiger partial charge in [-0.05, 0) is 57.0 Å². The number of carbonyl (C=O) groups excluding carboxylic acids is 2. The van der Waals surface area contributed by atoms with Gasteiger partial charge in [0.05, 0.1) is 17.9 Å². The smallest absolute Gasteiger partial charge is 0.340 e. The SMILES string of the molecule is CCOC(=O)c1ccccc1NC(=O)[C@@H](C)Oc1cc(C)ccc1C. The molecule has 0 unspecified atom stereocenters. The van der Waals surface area contributed by atoms with Crippen LogP contribution in [0.15, 0.2) is 42.5 Å². The van der Waals surface area contributed by atoms with Crippen molar-refractivity contribution < 1.29 is 19.1 Å². The fraction of sp³-hybridized carbons (Fsp3) is 0.300. The molecule has 25 heavy (non-hydrogen) atoms. The van der Waals surface area contributed by atoms with Crippen molar-refractivity contribution in [3.05, 3.63) is 59.2 Å². The first-order valence-electron chi connectivity index (χ1n) is 8.23. The van der Waals surface area contributed by atoms with E-state index in [2.05, 4.69) is 5.32 Å². The van der Waals surface area contributed by atoms with Crippen molar-refractivity contribution in [2.45, 2.75) is 33.8 Å². The highest BCUT2D eigenvalue weighted by Crippen LogP contribution is 2.21. The summed E-state index contributed by atoms with van der Waals surface area (Å²) in [5.74, 6) is -0.138. The van der Waals surface area contributed by atoms with Crippen LogP contribution in [0.2, 0.25) is 0 Å². The van der Waals surface area contributed by atoms with E-state index in [1.807, 2.05) is 32.0 Å². The highest BCUT2D eigenvalue weighted by atomic mass is 16.5. The molecule has 1 N–H and O–H groups in total. The lowest BCUT2D eigenvalue weighted by Crippen LogP contribution is -2.31. The van der Waals surface area contributed by atoms with Gasteiger partial charge in [0, 0.05) is 0 Å². The number of carbonyl (C=O) groups is 2. The van der Waals surface area contributed by atoms with Crippen molar-refractivity contribution in [2.75, 3.05) is 11.9 Å². The van der Waals surface area contributed by atoms with Crippen LogP contribution in [-0.2, 0) is 9.53 Å². The number of benzene rings is 2. The molecule has 0 saturated carbocycles. The fourth-order valence-corrected chi connectivity index (χ4v) is 2.29. The van der Waals surface area contributed by atoms with Crippen LogP contribution in [0.1, 0.15) is 35.3 Å². The highest BCUT2D eigenvalue weighted by Gasteiger charge is 2.19. The average molecular weight is 341 g/mol. The number of amides is 1. The topological polar surface area (TPSA) is 64.6 Å². The van der Waals surface area contributed by atoms with Crippen LogP contribution < -0.4 is 10.1 Å². The summed E-state index contributed by atoms with van der Waals surface area (Å²) in [6, 6.07) is 12.6. The summed E-state index contributed by atoms with van der Waals surface area (Å²) in [5.41, 5.74) is 2.73. The second-order valence-corrected chi connectivity index (χ2v) is 5.78. The van der Waals surface area contributed by atoms with E-state index in [9.17, 15) is 9.59 Å². The van der Waals surface area contributed by atoms with Crippen molar-refractivity contribution in [1.82, 2.24) is 0 Å².